The van der Waals surface area contributed by atoms with E-state index in [1.54, 1.807) is 12.1 Å². The molecule has 0 fully saturated rings. The van der Waals surface area contributed by atoms with E-state index < -0.39 is 0 Å². The largest absolute Gasteiger partial charge is 0.383 e. The molecule has 1 aromatic carbocycles. The molecule has 1 aromatic heterocycles. The van der Waals surface area contributed by atoms with E-state index in [2.05, 4.69) is 31.2 Å². The predicted molar refractivity (Wildman–Crippen MR) is 76.5 cm³/mol. The molecule has 0 saturated heterocycles. The number of halogens is 3. The Labute approximate surface area is 119 Å². The minimum Gasteiger partial charge on any atom is -0.383 e. The maximum Gasteiger partial charge on any atom is 0.230 e. The van der Waals surface area contributed by atoms with Gasteiger partial charge in [0.05, 0.1) is 5.69 Å². The van der Waals surface area contributed by atoms with Crippen LogP contribution in [0.1, 0.15) is 0 Å². The number of nitrogen functional groups attached to an aromatic ring is 1. The van der Waals surface area contributed by atoms with E-state index >= 15 is 0 Å². The first-order valence-electron chi connectivity index (χ1n) is 4.57. The van der Waals surface area contributed by atoms with Gasteiger partial charge in [-0.2, -0.15) is 4.98 Å². The summed E-state index contributed by atoms with van der Waals surface area (Å²) in [5.74, 6) is 0.433. The molecule has 0 aliphatic heterocycles. The highest BCUT2D eigenvalue weighted by Gasteiger charge is 2.05. The zero-order valence-electron chi connectivity index (χ0n) is 8.42. The molecule has 7 heteroatoms. The highest BCUT2D eigenvalue weighted by atomic mass is 127. The molecule has 1 heterocycles. The lowest BCUT2D eigenvalue weighted by Crippen LogP contribution is -2.01. The Morgan fingerprint density at radius 1 is 1.29 bits per heavy atom. The van der Waals surface area contributed by atoms with Crippen molar-refractivity contribution in [3.05, 3.63) is 38.3 Å². The summed E-state index contributed by atoms with van der Waals surface area (Å²) in [6.45, 7) is 0. The normalized spacial score (nSPS) is 10.3. The Bertz CT molecular complexity index is 544. The summed E-state index contributed by atoms with van der Waals surface area (Å²) in [4.78, 5) is 8.13. The van der Waals surface area contributed by atoms with E-state index in [0.717, 1.165) is 9.26 Å². The van der Waals surface area contributed by atoms with Crippen LogP contribution in [0.5, 0.6) is 0 Å². The third-order valence-corrected chi connectivity index (χ3v) is 3.19. The molecule has 0 unspecified atom stereocenters. The summed E-state index contributed by atoms with van der Waals surface area (Å²) in [5, 5.41) is 2.97. The van der Waals surface area contributed by atoms with Crippen molar-refractivity contribution < 1.29 is 4.39 Å². The van der Waals surface area contributed by atoms with Crippen molar-refractivity contribution in [3.63, 3.8) is 0 Å². The zero-order valence-corrected chi connectivity index (χ0v) is 12.2. The number of nitrogens with two attached hydrogens (primary N) is 1. The molecule has 2 aromatic rings. The summed E-state index contributed by atoms with van der Waals surface area (Å²) in [6, 6.07) is 6.01. The summed E-state index contributed by atoms with van der Waals surface area (Å²) >= 11 is 5.25. The Kier molecular flexibility index (Phi) is 3.77. The molecule has 4 nitrogen and oxygen atoms in total. The number of hydrogen-bond acceptors (Lipinski definition) is 4. The van der Waals surface area contributed by atoms with E-state index in [1.165, 1.54) is 12.1 Å². The van der Waals surface area contributed by atoms with Crippen LogP contribution in [0.15, 0.2) is 28.9 Å². The third kappa shape index (κ3) is 3.25. The lowest BCUT2D eigenvalue weighted by Gasteiger charge is -2.07. The van der Waals surface area contributed by atoms with E-state index in [9.17, 15) is 4.39 Å². The molecule has 0 aliphatic carbocycles. The molecule has 0 aliphatic rings. The fraction of sp³-hybridized carbons (Fsp3) is 0. The van der Waals surface area contributed by atoms with Crippen LogP contribution in [0.3, 0.4) is 0 Å². The van der Waals surface area contributed by atoms with Crippen molar-refractivity contribution in [2.45, 2.75) is 0 Å². The number of anilines is 3. The van der Waals surface area contributed by atoms with Crippen LogP contribution in [0, 0.1) is 9.39 Å². The van der Waals surface area contributed by atoms with Gasteiger partial charge in [0, 0.05) is 9.64 Å². The van der Waals surface area contributed by atoms with Crippen LogP contribution in [0.4, 0.5) is 21.8 Å². The Balaban J connectivity index is 2.31. The van der Waals surface area contributed by atoms with Crippen molar-refractivity contribution in [1.82, 2.24) is 9.97 Å². The SMILES string of the molecule is Nc1cc(Br)nc(Nc2ccc(F)cc2I)n1. The van der Waals surface area contributed by atoms with Gasteiger partial charge < -0.3 is 11.1 Å². The smallest absolute Gasteiger partial charge is 0.230 e. The molecule has 0 radical (unpaired) electrons. The molecule has 0 saturated carbocycles. The quantitative estimate of drug-likeness (QED) is 0.591. The highest BCUT2D eigenvalue weighted by molar-refractivity contribution is 14.1. The standard InChI is InChI=1S/C10H7BrFIN4/c11-8-4-9(14)17-10(16-8)15-7-2-1-5(12)3-6(7)13/h1-4H,(H3,14,15,16,17). The van der Waals surface area contributed by atoms with Gasteiger partial charge in [-0.1, -0.05) is 0 Å². The number of hydrogen-bond donors (Lipinski definition) is 2. The van der Waals surface area contributed by atoms with Crippen LogP contribution in [0.2, 0.25) is 0 Å². The van der Waals surface area contributed by atoms with Gasteiger partial charge in [-0.3, -0.25) is 0 Å². The van der Waals surface area contributed by atoms with Gasteiger partial charge in [-0.05, 0) is 56.7 Å². The Morgan fingerprint density at radius 3 is 2.71 bits per heavy atom. The van der Waals surface area contributed by atoms with Crippen LogP contribution >= 0.6 is 38.5 Å². The number of rotatable bonds is 2. The van der Waals surface area contributed by atoms with Crippen LogP contribution in [0.25, 0.3) is 0 Å². The summed E-state index contributed by atoms with van der Waals surface area (Å²) in [6.07, 6.45) is 0. The van der Waals surface area contributed by atoms with Gasteiger partial charge >= 0.3 is 0 Å². The van der Waals surface area contributed by atoms with E-state index in [-0.39, 0.29) is 5.82 Å². The first-order chi connectivity index (χ1) is 8.04. The summed E-state index contributed by atoms with van der Waals surface area (Å²) in [5.41, 5.74) is 6.32. The third-order valence-electron chi connectivity index (χ3n) is 1.89. The summed E-state index contributed by atoms with van der Waals surface area (Å²) < 4.78 is 14.3. The average molecular weight is 409 g/mol. The van der Waals surface area contributed by atoms with Crippen LogP contribution in [-0.2, 0) is 0 Å². The molecule has 0 amide bonds. The molecular weight excluding hydrogens is 402 g/mol. The van der Waals surface area contributed by atoms with E-state index in [0.29, 0.717) is 16.4 Å². The zero-order chi connectivity index (χ0) is 12.4. The van der Waals surface area contributed by atoms with Gasteiger partial charge in [0.2, 0.25) is 5.95 Å². The maximum atomic E-state index is 12.9. The second kappa shape index (κ2) is 5.13. The molecule has 17 heavy (non-hydrogen) atoms. The highest BCUT2D eigenvalue weighted by Crippen LogP contribution is 2.23. The predicted octanol–water partition coefficient (Wildman–Crippen LogP) is 3.31. The van der Waals surface area contributed by atoms with Gasteiger partial charge in [0.1, 0.15) is 16.2 Å². The van der Waals surface area contributed by atoms with Gasteiger partial charge in [-0.15, -0.1) is 0 Å². The molecule has 3 N–H and O–H groups in total. The fourth-order valence-electron chi connectivity index (χ4n) is 1.20. The second-order valence-corrected chi connectivity index (χ2v) is 5.16. The Morgan fingerprint density at radius 2 is 2.06 bits per heavy atom. The van der Waals surface area contributed by atoms with Crippen LogP contribution < -0.4 is 11.1 Å². The van der Waals surface area contributed by atoms with Crippen molar-refractivity contribution in [2.75, 3.05) is 11.1 Å². The van der Waals surface area contributed by atoms with E-state index in [4.69, 9.17) is 5.73 Å². The molecule has 88 valence electrons. The average Bonchev–Trinajstić information content (AvgIpc) is 2.21. The number of aromatic nitrogens is 2. The molecule has 2 rings (SSSR count). The maximum absolute atomic E-state index is 12.9. The first-order valence-corrected chi connectivity index (χ1v) is 6.44. The number of nitrogens with zero attached hydrogens (tertiary/aromatic N) is 2. The molecule has 0 spiro atoms. The first kappa shape index (κ1) is 12.5. The lowest BCUT2D eigenvalue weighted by molar-refractivity contribution is 0.627. The minimum atomic E-state index is -0.283. The van der Waals surface area contributed by atoms with Gasteiger partial charge in [-0.25, -0.2) is 9.37 Å². The van der Waals surface area contributed by atoms with Crippen molar-refractivity contribution >= 4 is 56.0 Å². The summed E-state index contributed by atoms with van der Waals surface area (Å²) in [7, 11) is 0. The topological polar surface area (TPSA) is 63.8 Å². The van der Waals surface area contributed by atoms with E-state index in [1.807, 2.05) is 22.6 Å². The van der Waals surface area contributed by atoms with Gasteiger partial charge in [0.15, 0.2) is 0 Å². The minimum absolute atomic E-state index is 0.283. The fourth-order valence-corrected chi connectivity index (χ4v) is 2.22. The molecule has 0 atom stereocenters. The van der Waals surface area contributed by atoms with Crippen LogP contribution in [-0.4, -0.2) is 9.97 Å². The molecule has 0 bridgehead atoms. The van der Waals surface area contributed by atoms with Crippen molar-refractivity contribution in [3.8, 4) is 0 Å². The molecular formula is C10H7BrFIN4. The monoisotopic (exact) mass is 408 g/mol. The lowest BCUT2D eigenvalue weighted by atomic mass is 10.3. The number of nitrogens with one attached hydrogen (secondary N) is 1. The van der Waals surface area contributed by atoms with Crippen molar-refractivity contribution in [1.29, 1.82) is 0 Å². The van der Waals surface area contributed by atoms with Crippen molar-refractivity contribution in [2.24, 2.45) is 0 Å². The van der Waals surface area contributed by atoms with Gasteiger partial charge in [0.25, 0.3) is 0 Å². The number of benzene rings is 1. The Hall–Kier alpha value is -0.960. The second-order valence-electron chi connectivity index (χ2n) is 3.19.